The lowest BCUT2D eigenvalue weighted by molar-refractivity contribution is -0.127. The second-order valence-corrected chi connectivity index (χ2v) is 7.47. The Labute approximate surface area is 163 Å². The summed E-state index contributed by atoms with van der Waals surface area (Å²) in [5, 5.41) is 5.27. The second kappa shape index (κ2) is 7.01. The van der Waals surface area contributed by atoms with E-state index in [4.69, 9.17) is 0 Å². The van der Waals surface area contributed by atoms with Gasteiger partial charge in [-0.15, -0.1) is 11.3 Å². The van der Waals surface area contributed by atoms with Gasteiger partial charge in [-0.05, 0) is 29.8 Å². The minimum atomic E-state index is -1.48. The monoisotopic (exact) mass is 398 g/mol. The summed E-state index contributed by atoms with van der Waals surface area (Å²) in [7, 11) is 0. The molecule has 0 saturated carbocycles. The van der Waals surface area contributed by atoms with Gasteiger partial charge in [-0.2, -0.15) is 0 Å². The van der Waals surface area contributed by atoms with Crippen molar-refractivity contribution in [2.75, 3.05) is 6.54 Å². The summed E-state index contributed by atoms with van der Waals surface area (Å²) in [6, 6.07) is 12.4. The van der Waals surface area contributed by atoms with Gasteiger partial charge in [0.1, 0.15) is 10.8 Å². The van der Waals surface area contributed by atoms with Crippen molar-refractivity contribution in [1.82, 2.24) is 20.5 Å². The molecule has 142 valence electrons. The molecule has 28 heavy (non-hydrogen) atoms. The number of nitrogens with one attached hydrogen (secondary N) is 2. The van der Waals surface area contributed by atoms with E-state index in [9.17, 15) is 18.8 Å². The normalized spacial score (nSPS) is 18.8. The number of fused-ring (bicyclic) bond motifs is 1. The Hall–Kier alpha value is -3.33. The quantitative estimate of drug-likeness (QED) is 0.492. The second-order valence-electron chi connectivity index (χ2n) is 6.44. The first kappa shape index (κ1) is 18.1. The fourth-order valence-electron chi connectivity index (χ4n) is 3.14. The number of benzene rings is 2. The Bertz CT molecular complexity index is 1040. The lowest BCUT2D eigenvalue weighted by Crippen LogP contribution is -2.52. The lowest BCUT2D eigenvalue weighted by Gasteiger charge is -2.29. The third-order valence-corrected chi connectivity index (χ3v) is 5.69. The zero-order valence-corrected chi connectivity index (χ0v) is 15.3. The van der Waals surface area contributed by atoms with E-state index in [0.29, 0.717) is 22.5 Å². The van der Waals surface area contributed by atoms with Crippen molar-refractivity contribution in [2.24, 2.45) is 0 Å². The predicted molar refractivity (Wildman–Crippen MR) is 101 cm³/mol. The van der Waals surface area contributed by atoms with Crippen LogP contribution in [0.1, 0.15) is 10.6 Å². The topological polar surface area (TPSA) is 91.4 Å². The Morgan fingerprint density at radius 2 is 1.89 bits per heavy atom. The van der Waals surface area contributed by atoms with Crippen LogP contribution in [0.25, 0.3) is 10.2 Å². The molecule has 0 spiro atoms. The molecule has 4 amide bonds. The summed E-state index contributed by atoms with van der Waals surface area (Å²) in [5.41, 5.74) is -0.0912. The standard InChI is InChI=1S/C19H15FN4O3S/c20-13-7-5-12(6-8-13)9-24(11-25)10-19(16(26)22-18(27)23-19)17-21-14-3-1-2-4-15(14)28-17/h1-8,11H,9-10H2,(H2,22,23,26,27)/t19-/m0/s1. The first-order chi connectivity index (χ1) is 13.5. The van der Waals surface area contributed by atoms with Crippen LogP contribution in [-0.2, 0) is 21.7 Å². The Balaban J connectivity index is 1.69. The smallest absolute Gasteiger partial charge is 0.322 e. The Morgan fingerprint density at radius 1 is 1.14 bits per heavy atom. The van der Waals surface area contributed by atoms with Crippen molar-refractivity contribution in [1.29, 1.82) is 0 Å². The average molecular weight is 398 g/mol. The highest BCUT2D eigenvalue weighted by atomic mass is 32.1. The molecule has 0 aliphatic carbocycles. The minimum absolute atomic E-state index is 0.106. The summed E-state index contributed by atoms with van der Waals surface area (Å²) >= 11 is 1.28. The maximum atomic E-state index is 13.1. The molecule has 7 nitrogen and oxygen atoms in total. The van der Waals surface area contributed by atoms with Crippen molar-refractivity contribution in [3.8, 4) is 0 Å². The third kappa shape index (κ3) is 3.20. The van der Waals surface area contributed by atoms with E-state index >= 15 is 0 Å². The molecular weight excluding hydrogens is 383 g/mol. The molecule has 1 atom stereocenters. The summed E-state index contributed by atoms with van der Waals surface area (Å²) in [4.78, 5) is 42.2. The molecule has 0 bridgehead atoms. The van der Waals surface area contributed by atoms with E-state index in [1.54, 1.807) is 12.1 Å². The Kier molecular flexibility index (Phi) is 4.52. The highest BCUT2D eigenvalue weighted by molar-refractivity contribution is 7.18. The maximum Gasteiger partial charge on any atom is 0.322 e. The van der Waals surface area contributed by atoms with Gasteiger partial charge in [0.05, 0.1) is 16.8 Å². The van der Waals surface area contributed by atoms with Gasteiger partial charge >= 0.3 is 6.03 Å². The number of imide groups is 1. The minimum Gasteiger partial charge on any atom is -0.338 e. The van der Waals surface area contributed by atoms with Crippen LogP contribution in [0, 0.1) is 5.82 Å². The molecule has 0 radical (unpaired) electrons. The number of rotatable bonds is 6. The van der Waals surface area contributed by atoms with Gasteiger partial charge in [-0.3, -0.25) is 14.9 Å². The van der Waals surface area contributed by atoms with Gasteiger partial charge in [0.15, 0.2) is 5.54 Å². The number of urea groups is 1. The Morgan fingerprint density at radius 3 is 2.54 bits per heavy atom. The summed E-state index contributed by atoms with van der Waals surface area (Å²) < 4.78 is 14.0. The first-order valence-corrected chi connectivity index (χ1v) is 9.25. The molecule has 3 aromatic rings. The van der Waals surface area contributed by atoms with E-state index in [1.165, 1.54) is 28.4 Å². The average Bonchev–Trinajstić information content (AvgIpc) is 3.24. The molecule has 1 aromatic heterocycles. The number of amides is 4. The van der Waals surface area contributed by atoms with Gasteiger partial charge in [0, 0.05) is 6.54 Å². The molecule has 1 saturated heterocycles. The molecule has 2 N–H and O–H groups in total. The lowest BCUT2D eigenvalue weighted by atomic mass is 9.99. The van der Waals surface area contributed by atoms with Gasteiger partial charge in [0.2, 0.25) is 6.41 Å². The van der Waals surface area contributed by atoms with Crippen molar-refractivity contribution >= 4 is 39.9 Å². The molecule has 9 heteroatoms. The van der Waals surface area contributed by atoms with Crippen molar-refractivity contribution in [3.63, 3.8) is 0 Å². The van der Waals surface area contributed by atoms with Crippen LogP contribution in [0.4, 0.5) is 9.18 Å². The number of carbonyl (C=O) groups is 3. The molecule has 2 aromatic carbocycles. The van der Waals surface area contributed by atoms with E-state index in [-0.39, 0.29) is 18.9 Å². The number of thiazole rings is 1. The summed E-state index contributed by atoms with van der Waals surface area (Å²) in [6.45, 7) is 0.0465. The van der Waals surface area contributed by atoms with Crippen LogP contribution in [-0.4, -0.2) is 34.8 Å². The van der Waals surface area contributed by atoms with Gasteiger partial charge in [-0.1, -0.05) is 24.3 Å². The van der Waals surface area contributed by atoms with Crippen molar-refractivity contribution in [2.45, 2.75) is 12.1 Å². The number of halogens is 1. The molecule has 2 heterocycles. The molecule has 1 aliphatic heterocycles. The van der Waals surface area contributed by atoms with Crippen molar-refractivity contribution < 1.29 is 18.8 Å². The van der Waals surface area contributed by atoms with Crippen LogP contribution < -0.4 is 10.6 Å². The van der Waals surface area contributed by atoms with E-state index in [0.717, 1.165) is 4.70 Å². The van der Waals surface area contributed by atoms with Gasteiger partial charge < -0.3 is 10.2 Å². The molecule has 1 fully saturated rings. The molecule has 4 rings (SSSR count). The fraction of sp³-hybridized carbons (Fsp3) is 0.158. The number of nitrogens with zero attached hydrogens (tertiary/aromatic N) is 2. The first-order valence-electron chi connectivity index (χ1n) is 8.43. The number of aromatic nitrogens is 1. The fourth-order valence-corrected chi connectivity index (χ4v) is 4.24. The van der Waals surface area contributed by atoms with E-state index in [1.807, 2.05) is 24.3 Å². The zero-order valence-electron chi connectivity index (χ0n) is 14.5. The highest BCUT2D eigenvalue weighted by Gasteiger charge is 2.51. The highest BCUT2D eigenvalue weighted by Crippen LogP contribution is 2.33. The largest absolute Gasteiger partial charge is 0.338 e. The third-order valence-electron chi connectivity index (χ3n) is 4.49. The predicted octanol–water partition coefficient (Wildman–Crippen LogP) is 2.13. The van der Waals surface area contributed by atoms with Crippen LogP contribution in [0.5, 0.6) is 0 Å². The number of hydrogen-bond acceptors (Lipinski definition) is 5. The number of para-hydroxylation sites is 1. The van der Waals surface area contributed by atoms with Gasteiger partial charge in [0.25, 0.3) is 5.91 Å². The van der Waals surface area contributed by atoms with Crippen LogP contribution in [0.2, 0.25) is 0 Å². The van der Waals surface area contributed by atoms with Gasteiger partial charge in [-0.25, -0.2) is 14.2 Å². The molecule has 0 unspecified atom stereocenters. The van der Waals surface area contributed by atoms with Crippen molar-refractivity contribution in [3.05, 3.63) is 64.9 Å². The zero-order chi connectivity index (χ0) is 19.7. The number of hydrogen-bond donors (Lipinski definition) is 2. The van der Waals surface area contributed by atoms with E-state index in [2.05, 4.69) is 15.6 Å². The SMILES string of the molecule is O=CN(Cc1ccc(F)cc1)C[C@]1(c2nc3ccccc3s2)NC(=O)NC1=O. The van der Waals surface area contributed by atoms with Crippen LogP contribution in [0.3, 0.4) is 0 Å². The number of carbonyl (C=O) groups excluding carboxylic acids is 3. The van der Waals surface area contributed by atoms with Crippen LogP contribution in [0.15, 0.2) is 48.5 Å². The van der Waals surface area contributed by atoms with Crippen LogP contribution >= 0.6 is 11.3 Å². The van der Waals surface area contributed by atoms with E-state index < -0.39 is 17.5 Å². The summed E-state index contributed by atoms with van der Waals surface area (Å²) in [6.07, 6.45) is 0.593. The maximum absolute atomic E-state index is 13.1. The summed E-state index contributed by atoms with van der Waals surface area (Å²) in [5.74, 6) is -0.947. The molecule has 1 aliphatic rings. The molecular formula is C19H15FN4O3S.